The Hall–Kier alpha value is -2.53. The van der Waals surface area contributed by atoms with Gasteiger partial charge in [0.15, 0.2) is 11.5 Å². The molecule has 1 amide bonds. The van der Waals surface area contributed by atoms with Crippen molar-refractivity contribution >= 4 is 5.91 Å². The number of hydrogen-bond donors (Lipinski definition) is 2. The number of nitrogens with two attached hydrogens (primary N) is 1. The Morgan fingerprint density at radius 3 is 2.29 bits per heavy atom. The molecule has 0 atom stereocenters. The molecule has 0 aromatic heterocycles. The maximum absolute atomic E-state index is 11.2. The lowest BCUT2D eigenvalue weighted by atomic mass is 10.1. The van der Waals surface area contributed by atoms with E-state index in [-0.39, 0.29) is 12.3 Å². The standard InChI is InChI=1S/C16H18N2O3/c1-20-14-4-2-3-5-15(14)21-11-13-8-6-12(7-9-13)10-16(19)18-17/h2-9H,10-11,17H2,1H3,(H,18,19). The van der Waals surface area contributed by atoms with Crippen molar-refractivity contribution in [1.82, 2.24) is 5.43 Å². The number of amides is 1. The van der Waals surface area contributed by atoms with Gasteiger partial charge in [0, 0.05) is 0 Å². The highest BCUT2D eigenvalue weighted by Crippen LogP contribution is 2.26. The molecule has 0 spiro atoms. The third-order valence-electron chi connectivity index (χ3n) is 3.01. The molecule has 0 bridgehead atoms. The summed E-state index contributed by atoms with van der Waals surface area (Å²) in [4.78, 5) is 11.2. The molecular weight excluding hydrogens is 268 g/mol. The maximum atomic E-state index is 11.2. The van der Waals surface area contributed by atoms with E-state index in [1.54, 1.807) is 7.11 Å². The van der Waals surface area contributed by atoms with Crippen molar-refractivity contribution in [2.45, 2.75) is 13.0 Å². The number of nitrogens with one attached hydrogen (secondary N) is 1. The number of para-hydroxylation sites is 2. The average molecular weight is 286 g/mol. The van der Waals surface area contributed by atoms with Crippen LogP contribution in [0.25, 0.3) is 0 Å². The maximum Gasteiger partial charge on any atom is 0.238 e. The fraction of sp³-hybridized carbons (Fsp3) is 0.188. The summed E-state index contributed by atoms with van der Waals surface area (Å²) < 4.78 is 11.0. The van der Waals surface area contributed by atoms with Crippen LogP contribution in [0.3, 0.4) is 0 Å². The molecule has 110 valence electrons. The van der Waals surface area contributed by atoms with E-state index in [1.165, 1.54) is 0 Å². The molecular formula is C16H18N2O3. The average Bonchev–Trinajstić information content (AvgIpc) is 2.54. The van der Waals surface area contributed by atoms with Crippen LogP contribution in [-0.2, 0) is 17.8 Å². The van der Waals surface area contributed by atoms with E-state index in [2.05, 4.69) is 5.43 Å². The van der Waals surface area contributed by atoms with Crippen LogP contribution < -0.4 is 20.7 Å². The number of hydrazine groups is 1. The van der Waals surface area contributed by atoms with Crippen LogP contribution in [-0.4, -0.2) is 13.0 Å². The molecule has 2 rings (SSSR count). The molecule has 5 heteroatoms. The van der Waals surface area contributed by atoms with Gasteiger partial charge in [0.2, 0.25) is 5.91 Å². The Bertz CT molecular complexity index is 597. The first-order valence-electron chi connectivity index (χ1n) is 6.56. The molecule has 2 aromatic rings. The molecule has 3 N–H and O–H groups in total. The predicted molar refractivity (Wildman–Crippen MR) is 79.8 cm³/mol. The number of benzene rings is 2. The zero-order valence-corrected chi connectivity index (χ0v) is 11.8. The van der Waals surface area contributed by atoms with Crippen molar-refractivity contribution in [2.24, 2.45) is 5.84 Å². The second kappa shape index (κ2) is 7.31. The largest absolute Gasteiger partial charge is 0.493 e. The molecule has 0 aliphatic carbocycles. The topological polar surface area (TPSA) is 73.6 Å². The van der Waals surface area contributed by atoms with E-state index < -0.39 is 0 Å². The fourth-order valence-corrected chi connectivity index (χ4v) is 1.89. The summed E-state index contributed by atoms with van der Waals surface area (Å²) in [5.74, 6) is 6.25. The molecule has 0 unspecified atom stereocenters. The summed E-state index contributed by atoms with van der Waals surface area (Å²) in [7, 11) is 1.61. The van der Waals surface area contributed by atoms with Gasteiger partial charge in [-0.25, -0.2) is 5.84 Å². The molecule has 2 aromatic carbocycles. The highest BCUT2D eigenvalue weighted by atomic mass is 16.5. The smallest absolute Gasteiger partial charge is 0.238 e. The number of rotatable bonds is 6. The lowest BCUT2D eigenvalue weighted by molar-refractivity contribution is -0.120. The van der Waals surface area contributed by atoms with E-state index >= 15 is 0 Å². The summed E-state index contributed by atoms with van der Waals surface area (Å²) in [5.41, 5.74) is 4.02. The lowest BCUT2D eigenvalue weighted by Crippen LogP contribution is -2.31. The monoisotopic (exact) mass is 286 g/mol. The second-order valence-corrected chi connectivity index (χ2v) is 4.50. The van der Waals surface area contributed by atoms with Crippen molar-refractivity contribution in [2.75, 3.05) is 7.11 Å². The quantitative estimate of drug-likeness (QED) is 0.482. The summed E-state index contributed by atoms with van der Waals surface area (Å²) in [6.07, 6.45) is 0.268. The van der Waals surface area contributed by atoms with Gasteiger partial charge in [-0.15, -0.1) is 0 Å². The van der Waals surface area contributed by atoms with Crippen molar-refractivity contribution in [3.63, 3.8) is 0 Å². The molecule has 5 nitrogen and oxygen atoms in total. The Morgan fingerprint density at radius 2 is 1.67 bits per heavy atom. The van der Waals surface area contributed by atoms with Gasteiger partial charge in [-0.2, -0.15) is 0 Å². The summed E-state index contributed by atoms with van der Waals surface area (Å²) in [6.45, 7) is 0.434. The summed E-state index contributed by atoms with van der Waals surface area (Å²) in [5, 5.41) is 0. The third kappa shape index (κ3) is 4.22. The molecule has 0 radical (unpaired) electrons. The number of hydrogen-bond acceptors (Lipinski definition) is 4. The van der Waals surface area contributed by atoms with Crippen LogP contribution in [0, 0.1) is 0 Å². The Kier molecular flexibility index (Phi) is 5.17. The fourth-order valence-electron chi connectivity index (χ4n) is 1.89. The zero-order chi connectivity index (χ0) is 15.1. The Labute approximate surface area is 123 Å². The van der Waals surface area contributed by atoms with E-state index in [0.29, 0.717) is 18.1 Å². The minimum atomic E-state index is -0.215. The number of ether oxygens (including phenoxy) is 2. The van der Waals surface area contributed by atoms with Gasteiger partial charge in [0.25, 0.3) is 0 Å². The van der Waals surface area contributed by atoms with Crippen molar-refractivity contribution in [1.29, 1.82) is 0 Å². The third-order valence-corrected chi connectivity index (χ3v) is 3.01. The van der Waals surface area contributed by atoms with Gasteiger partial charge < -0.3 is 9.47 Å². The lowest BCUT2D eigenvalue weighted by Gasteiger charge is -2.10. The van der Waals surface area contributed by atoms with Gasteiger partial charge in [0.1, 0.15) is 6.61 Å². The van der Waals surface area contributed by atoms with Crippen LogP contribution in [0.5, 0.6) is 11.5 Å². The van der Waals surface area contributed by atoms with Crippen LogP contribution in [0.4, 0.5) is 0 Å². The van der Waals surface area contributed by atoms with Gasteiger partial charge >= 0.3 is 0 Å². The minimum Gasteiger partial charge on any atom is -0.493 e. The number of methoxy groups -OCH3 is 1. The van der Waals surface area contributed by atoms with E-state index in [4.69, 9.17) is 15.3 Å². The molecule has 21 heavy (non-hydrogen) atoms. The van der Waals surface area contributed by atoms with Crippen LogP contribution in [0.15, 0.2) is 48.5 Å². The Morgan fingerprint density at radius 1 is 1.05 bits per heavy atom. The molecule has 0 heterocycles. The van der Waals surface area contributed by atoms with Crippen molar-refractivity contribution < 1.29 is 14.3 Å². The van der Waals surface area contributed by atoms with E-state index in [1.807, 2.05) is 48.5 Å². The van der Waals surface area contributed by atoms with Crippen LogP contribution >= 0.6 is 0 Å². The molecule has 0 saturated carbocycles. The summed E-state index contributed by atoms with van der Waals surface area (Å²) >= 11 is 0. The zero-order valence-electron chi connectivity index (χ0n) is 11.8. The number of carbonyl (C=O) groups excluding carboxylic acids is 1. The second-order valence-electron chi connectivity index (χ2n) is 4.50. The highest BCUT2D eigenvalue weighted by molar-refractivity contribution is 5.77. The van der Waals surface area contributed by atoms with Crippen molar-refractivity contribution in [3.8, 4) is 11.5 Å². The minimum absolute atomic E-state index is 0.215. The van der Waals surface area contributed by atoms with Gasteiger partial charge in [-0.05, 0) is 23.3 Å². The van der Waals surface area contributed by atoms with Crippen LogP contribution in [0.1, 0.15) is 11.1 Å². The van der Waals surface area contributed by atoms with E-state index in [9.17, 15) is 4.79 Å². The first-order chi connectivity index (χ1) is 10.2. The van der Waals surface area contributed by atoms with Gasteiger partial charge in [-0.1, -0.05) is 36.4 Å². The van der Waals surface area contributed by atoms with Gasteiger partial charge in [0.05, 0.1) is 13.5 Å². The first kappa shape index (κ1) is 14.9. The normalized spacial score (nSPS) is 10.0. The molecule has 0 aliphatic rings. The first-order valence-corrected chi connectivity index (χ1v) is 6.56. The highest BCUT2D eigenvalue weighted by Gasteiger charge is 2.04. The predicted octanol–water partition coefficient (Wildman–Crippen LogP) is 1.81. The van der Waals surface area contributed by atoms with Crippen molar-refractivity contribution in [3.05, 3.63) is 59.7 Å². The van der Waals surface area contributed by atoms with Crippen LogP contribution in [0.2, 0.25) is 0 Å². The Balaban J connectivity index is 1.96. The molecule has 0 saturated heterocycles. The SMILES string of the molecule is COc1ccccc1OCc1ccc(CC(=O)NN)cc1. The number of carbonyl (C=O) groups is 1. The molecule has 0 fully saturated rings. The molecule has 0 aliphatic heterocycles. The van der Waals surface area contributed by atoms with E-state index in [0.717, 1.165) is 11.1 Å². The summed E-state index contributed by atoms with van der Waals surface area (Å²) in [6, 6.07) is 15.1. The van der Waals surface area contributed by atoms with Gasteiger partial charge in [-0.3, -0.25) is 10.2 Å².